The highest BCUT2D eigenvalue weighted by Gasteiger charge is 2.34. The van der Waals surface area contributed by atoms with Gasteiger partial charge in [-0.05, 0) is 49.9 Å². The van der Waals surface area contributed by atoms with E-state index in [0.29, 0.717) is 31.5 Å². The molecule has 5 atom stereocenters. The summed E-state index contributed by atoms with van der Waals surface area (Å²) < 4.78 is 1.43. The highest BCUT2D eigenvalue weighted by molar-refractivity contribution is 5.94. The van der Waals surface area contributed by atoms with Crippen LogP contribution in [0.25, 0.3) is 10.9 Å². The van der Waals surface area contributed by atoms with Crippen LogP contribution in [0.3, 0.4) is 0 Å². The Morgan fingerprint density at radius 3 is 2.40 bits per heavy atom. The third-order valence-electron chi connectivity index (χ3n) is 7.83. The maximum atomic E-state index is 14.0. The van der Waals surface area contributed by atoms with Crippen molar-refractivity contribution in [2.45, 2.75) is 69.3 Å². The first-order valence-corrected chi connectivity index (χ1v) is 14.6. The van der Waals surface area contributed by atoms with Gasteiger partial charge in [0.15, 0.2) is 0 Å². The predicted octanol–water partition coefficient (Wildman–Crippen LogP) is 1.44. The van der Waals surface area contributed by atoms with Crippen molar-refractivity contribution in [2.75, 3.05) is 6.54 Å². The van der Waals surface area contributed by atoms with Gasteiger partial charge < -0.3 is 31.8 Å². The van der Waals surface area contributed by atoms with Gasteiger partial charge in [0.25, 0.3) is 0 Å². The number of hydrogen-bond donors (Lipinski definition) is 6. The number of benzene rings is 2. The van der Waals surface area contributed by atoms with Gasteiger partial charge in [0.05, 0.1) is 12.3 Å². The number of amides is 3. The molecule has 2 aromatic carbocycles. The molecule has 43 heavy (non-hydrogen) atoms. The molecule has 12 nitrogen and oxygen atoms in total. The van der Waals surface area contributed by atoms with Gasteiger partial charge in [0.1, 0.15) is 29.9 Å². The number of H-pyrrole nitrogens is 1. The summed E-state index contributed by atoms with van der Waals surface area (Å²) in [6.07, 6.45) is 4.45. The molecule has 3 amide bonds. The Hall–Kier alpha value is -4.55. The number of aliphatic hydroxyl groups excluding tert-OH is 1. The van der Waals surface area contributed by atoms with E-state index in [4.69, 9.17) is 5.73 Å². The summed E-state index contributed by atoms with van der Waals surface area (Å²) in [6, 6.07) is 13.5. The van der Waals surface area contributed by atoms with Crippen LogP contribution in [0.2, 0.25) is 0 Å². The molecular formula is C31H38N8O4. The molecule has 5 rings (SSSR count). The molecule has 226 valence electrons. The van der Waals surface area contributed by atoms with E-state index >= 15 is 0 Å². The normalized spacial score (nSPS) is 22.1. The number of unbranched alkanes of at least 4 members (excludes halogenated alkanes) is 1. The quantitative estimate of drug-likeness (QED) is 0.161. The maximum Gasteiger partial charge on any atom is 0.245 e. The minimum absolute atomic E-state index is 0.190. The molecule has 0 spiro atoms. The molecule has 2 aromatic heterocycles. The first kappa shape index (κ1) is 29.9. The molecular weight excluding hydrogens is 548 g/mol. The van der Waals surface area contributed by atoms with E-state index < -0.39 is 48.0 Å². The highest BCUT2D eigenvalue weighted by atomic mass is 16.3. The van der Waals surface area contributed by atoms with Crippen molar-refractivity contribution >= 4 is 28.6 Å². The van der Waals surface area contributed by atoms with Gasteiger partial charge in [-0.2, -0.15) is 0 Å². The molecule has 1 aliphatic heterocycles. The molecule has 0 aliphatic carbocycles. The van der Waals surface area contributed by atoms with Crippen molar-refractivity contribution < 1.29 is 19.5 Å². The molecule has 0 fully saturated rings. The van der Waals surface area contributed by atoms with Crippen LogP contribution >= 0.6 is 0 Å². The van der Waals surface area contributed by atoms with Crippen LogP contribution in [-0.4, -0.2) is 67.5 Å². The van der Waals surface area contributed by atoms with Crippen molar-refractivity contribution in [1.82, 2.24) is 35.9 Å². The van der Waals surface area contributed by atoms with Crippen LogP contribution < -0.4 is 21.7 Å². The Bertz CT molecular complexity index is 1550. The number of nitrogens with one attached hydrogen (secondary N) is 4. The van der Waals surface area contributed by atoms with Crippen LogP contribution in [0.4, 0.5) is 0 Å². The van der Waals surface area contributed by atoms with Crippen molar-refractivity contribution in [1.29, 1.82) is 0 Å². The van der Waals surface area contributed by atoms with Gasteiger partial charge in [-0.25, -0.2) is 4.68 Å². The van der Waals surface area contributed by atoms with Crippen molar-refractivity contribution in [3.05, 3.63) is 83.8 Å². The first-order valence-electron chi connectivity index (χ1n) is 14.6. The molecule has 12 heteroatoms. The number of rotatable bonds is 9. The molecule has 0 unspecified atom stereocenters. The number of nitrogens with two attached hydrogens (primary N) is 1. The lowest BCUT2D eigenvalue weighted by molar-refractivity contribution is -0.133. The van der Waals surface area contributed by atoms with E-state index in [1.807, 2.05) is 60.8 Å². The third-order valence-corrected chi connectivity index (χ3v) is 7.83. The Morgan fingerprint density at radius 2 is 1.63 bits per heavy atom. The Morgan fingerprint density at radius 1 is 0.907 bits per heavy atom. The number of carbonyl (C=O) groups excluding carboxylic acids is 3. The molecule has 3 heterocycles. The first-order chi connectivity index (χ1) is 20.8. The zero-order valence-corrected chi connectivity index (χ0v) is 24.1. The molecule has 4 aromatic rings. The summed E-state index contributed by atoms with van der Waals surface area (Å²) in [4.78, 5) is 44.7. The van der Waals surface area contributed by atoms with Crippen LogP contribution in [0.15, 0.2) is 67.0 Å². The van der Waals surface area contributed by atoms with E-state index in [1.54, 1.807) is 6.20 Å². The topological polar surface area (TPSA) is 180 Å². The molecule has 2 bridgehead atoms. The van der Waals surface area contributed by atoms with Crippen molar-refractivity contribution in [2.24, 2.45) is 5.73 Å². The van der Waals surface area contributed by atoms with E-state index in [2.05, 4.69) is 31.2 Å². The summed E-state index contributed by atoms with van der Waals surface area (Å²) in [5.41, 5.74) is 8.64. The summed E-state index contributed by atoms with van der Waals surface area (Å²) >= 11 is 0. The van der Waals surface area contributed by atoms with Crippen molar-refractivity contribution in [3.8, 4) is 0 Å². The number of aliphatic hydroxyl groups is 1. The predicted molar refractivity (Wildman–Crippen MR) is 161 cm³/mol. The Kier molecular flexibility index (Phi) is 9.48. The largest absolute Gasteiger partial charge is 0.391 e. The van der Waals surface area contributed by atoms with Gasteiger partial charge >= 0.3 is 0 Å². The SMILES string of the molecule is C[C@H](O)[C@H]1NC(=O)[C@H](CCCCN)NC(=O)[C@@H](Cc2c[nH]c3ccccc23)NC(=O)[C@H](Cc2ccccc2)n2cc1nn2. The van der Waals surface area contributed by atoms with E-state index in [0.717, 1.165) is 22.0 Å². The summed E-state index contributed by atoms with van der Waals surface area (Å²) in [5, 5.41) is 28.7. The minimum atomic E-state index is -1.02. The number of aromatic amines is 1. The monoisotopic (exact) mass is 586 g/mol. The number of para-hydroxylation sites is 1. The Labute approximate surface area is 249 Å². The smallest absolute Gasteiger partial charge is 0.245 e. The van der Waals surface area contributed by atoms with Crippen LogP contribution in [0.1, 0.15) is 55.1 Å². The van der Waals surface area contributed by atoms with E-state index in [1.165, 1.54) is 11.6 Å². The second-order valence-corrected chi connectivity index (χ2v) is 11.0. The standard InChI is InChI=1S/C31H38N8O4/c1-19(40)28-26-18-39(38-37-26)27(15-20-9-3-2-4-10-20)31(43)35-25(16-21-17-33-23-12-6-5-11-22(21)23)30(42)34-24(29(41)36-28)13-7-8-14-32/h2-6,9-12,17-19,24-25,27-28,33,40H,7-8,13-16,32H2,1H3,(H,34,42)(H,35,43)(H,36,41)/t19-,24-,25+,27-,28+/m0/s1. The number of aromatic nitrogens is 4. The van der Waals surface area contributed by atoms with E-state index in [-0.39, 0.29) is 12.8 Å². The van der Waals surface area contributed by atoms with Crippen LogP contribution in [0, 0.1) is 0 Å². The lowest BCUT2D eigenvalue weighted by Crippen LogP contribution is -2.55. The third kappa shape index (κ3) is 7.09. The maximum absolute atomic E-state index is 14.0. The average molecular weight is 587 g/mol. The van der Waals surface area contributed by atoms with Crippen LogP contribution in [-0.2, 0) is 27.2 Å². The van der Waals surface area contributed by atoms with Gasteiger partial charge in [-0.1, -0.05) is 53.7 Å². The fourth-order valence-electron chi connectivity index (χ4n) is 5.46. The lowest BCUT2D eigenvalue weighted by Gasteiger charge is -2.26. The fourth-order valence-corrected chi connectivity index (χ4v) is 5.46. The Balaban J connectivity index is 1.54. The average Bonchev–Trinajstić information content (AvgIpc) is 3.65. The molecule has 0 saturated heterocycles. The van der Waals surface area contributed by atoms with Gasteiger partial charge in [0.2, 0.25) is 17.7 Å². The van der Waals surface area contributed by atoms with Gasteiger partial charge in [0, 0.05) is 29.9 Å². The summed E-state index contributed by atoms with van der Waals surface area (Å²) in [5.74, 6) is -1.38. The van der Waals surface area contributed by atoms with Gasteiger partial charge in [-0.3, -0.25) is 14.4 Å². The second-order valence-electron chi connectivity index (χ2n) is 11.0. The molecule has 7 N–H and O–H groups in total. The number of carbonyl (C=O) groups is 3. The highest BCUT2D eigenvalue weighted by Crippen LogP contribution is 2.22. The summed E-state index contributed by atoms with van der Waals surface area (Å²) in [6.45, 7) is 1.99. The minimum Gasteiger partial charge on any atom is -0.391 e. The molecule has 1 aliphatic rings. The second kappa shape index (κ2) is 13.6. The number of hydrogen-bond acceptors (Lipinski definition) is 7. The van der Waals surface area contributed by atoms with Crippen molar-refractivity contribution in [3.63, 3.8) is 0 Å². The zero-order valence-electron chi connectivity index (χ0n) is 24.1. The number of nitrogens with zero attached hydrogens (tertiary/aromatic N) is 3. The zero-order chi connectivity index (χ0) is 30.3. The number of fused-ring (bicyclic) bond motifs is 3. The molecule has 0 radical (unpaired) electrons. The fraction of sp³-hybridized carbons (Fsp3) is 0.387. The van der Waals surface area contributed by atoms with Crippen LogP contribution in [0.5, 0.6) is 0 Å². The lowest BCUT2D eigenvalue weighted by atomic mass is 10.0. The molecule has 0 saturated carbocycles. The van der Waals surface area contributed by atoms with E-state index in [9.17, 15) is 19.5 Å². The summed E-state index contributed by atoms with van der Waals surface area (Å²) in [7, 11) is 0. The van der Waals surface area contributed by atoms with Gasteiger partial charge in [-0.15, -0.1) is 5.10 Å².